The van der Waals surface area contributed by atoms with Crippen molar-refractivity contribution in [3.63, 3.8) is 0 Å². The van der Waals surface area contributed by atoms with Gasteiger partial charge in [0.1, 0.15) is 0 Å². The highest BCUT2D eigenvalue weighted by Crippen LogP contribution is 2.22. The van der Waals surface area contributed by atoms with Crippen molar-refractivity contribution in [2.75, 3.05) is 10.5 Å². The monoisotopic (exact) mass is 311 g/mol. The largest absolute Gasteiger partial charge is 0.478 e. The van der Waals surface area contributed by atoms with Crippen LogP contribution in [-0.2, 0) is 10.0 Å². The number of benzene rings is 1. The van der Waals surface area contributed by atoms with E-state index in [1.54, 1.807) is 0 Å². The Morgan fingerprint density at radius 3 is 2.20 bits per heavy atom. The van der Waals surface area contributed by atoms with Crippen LogP contribution in [0.1, 0.15) is 23.2 Å². The zero-order valence-corrected chi connectivity index (χ0v) is 11.0. The zero-order valence-electron chi connectivity index (χ0n) is 10.1. The van der Waals surface area contributed by atoms with Crippen molar-refractivity contribution in [2.24, 2.45) is 0 Å². The molecule has 0 bridgehead atoms. The van der Waals surface area contributed by atoms with E-state index in [-0.39, 0.29) is 11.3 Å². The van der Waals surface area contributed by atoms with Gasteiger partial charge >= 0.3 is 12.1 Å². The average molecular weight is 311 g/mol. The molecule has 2 N–H and O–H groups in total. The van der Waals surface area contributed by atoms with Crippen molar-refractivity contribution in [2.45, 2.75) is 19.0 Å². The molecule has 112 valence electrons. The van der Waals surface area contributed by atoms with Gasteiger partial charge in [0, 0.05) is 12.1 Å². The molecule has 0 aliphatic rings. The lowest BCUT2D eigenvalue weighted by Gasteiger charge is -2.09. The second-order valence-corrected chi connectivity index (χ2v) is 5.86. The summed E-state index contributed by atoms with van der Waals surface area (Å²) >= 11 is 0. The van der Waals surface area contributed by atoms with Gasteiger partial charge < -0.3 is 5.11 Å². The number of aromatic carboxylic acids is 1. The standard InChI is InChI=1S/C11H12F3NO4S/c12-11(13,14)6-1-7-20(18,19)15-9-4-2-8(3-5-9)10(16)17/h2-5,15H,1,6-7H2,(H,16,17). The number of hydrogen-bond donors (Lipinski definition) is 2. The predicted octanol–water partition coefficient (Wildman–Crippen LogP) is 2.47. The first-order valence-corrected chi connectivity index (χ1v) is 7.15. The molecule has 20 heavy (non-hydrogen) atoms. The lowest BCUT2D eigenvalue weighted by molar-refractivity contribution is -0.134. The molecular formula is C11H12F3NO4S. The number of sulfonamides is 1. The summed E-state index contributed by atoms with van der Waals surface area (Å²) < 4.78 is 60.8. The zero-order chi connectivity index (χ0) is 15.4. The first-order chi connectivity index (χ1) is 9.09. The van der Waals surface area contributed by atoms with Crippen LogP contribution in [0, 0.1) is 0 Å². The number of carbonyl (C=O) groups is 1. The summed E-state index contributed by atoms with van der Waals surface area (Å²) in [6.45, 7) is 0. The second-order valence-electron chi connectivity index (χ2n) is 4.02. The molecule has 0 aliphatic carbocycles. The SMILES string of the molecule is O=C(O)c1ccc(NS(=O)(=O)CCCC(F)(F)F)cc1. The van der Waals surface area contributed by atoms with E-state index >= 15 is 0 Å². The highest BCUT2D eigenvalue weighted by molar-refractivity contribution is 7.92. The van der Waals surface area contributed by atoms with Crippen molar-refractivity contribution in [1.29, 1.82) is 0 Å². The van der Waals surface area contributed by atoms with Crippen molar-refractivity contribution < 1.29 is 31.5 Å². The first kappa shape index (κ1) is 16.3. The number of carboxylic acid groups (broad SMARTS) is 1. The minimum atomic E-state index is -4.39. The molecule has 9 heteroatoms. The van der Waals surface area contributed by atoms with Gasteiger partial charge in [-0.05, 0) is 30.7 Å². The molecule has 1 aromatic carbocycles. The number of carboxylic acids is 1. The fraction of sp³-hybridized carbons (Fsp3) is 0.364. The van der Waals surface area contributed by atoms with Crippen LogP contribution >= 0.6 is 0 Å². The van der Waals surface area contributed by atoms with Gasteiger partial charge in [-0.1, -0.05) is 0 Å². The Morgan fingerprint density at radius 2 is 1.75 bits per heavy atom. The van der Waals surface area contributed by atoms with Gasteiger partial charge in [-0.25, -0.2) is 13.2 Å². The van der Waals surface area contributed by atoms with E-state index < -0.39 is 40.8 Å². The summed E-state index contributed by atoms with van der Waals surface area (Å²) in [5.41, 5.74) is 0.0760. The summed E-state index contributed by atoms with van der Waals surface area (Å²) in [7, 11) is -3.89. The number of hydrogen-bond acceptors (Lipinski definition) is 3. The Bertz CT molecular complexity index is 566. The Labute approximate surface area is 113 Å². The van der Waals surface area contributed by atoms with Crippen LogP contribution in [0.15, 0.2) is 24.3 Å². The molecular weight excluding hydrogens is 299 g/mol. The van der Waals surface area contributed by atoms with E-state index in [1.165, 1.54) is 24.3 Å². The normalized spacial score (nSPS) is 12.2. The maximum absolute atomic E-state index is 11.9. The molecule has 1 rings (SSSR count). The fourth-order valence-electron chi connectivity index (χ4n) is 1.37. The Balaban J connectivity index is 2.60. The lowest BCUT2D eigenvalue weighted by atomic mass is 10.2. The molecule has 0 amide bonds. The van der Waals surface area contributed by atoms with Crippen molar-refractivity contribution >= 4 is 21.7 Å². The van der Waals surface area contributed by atoms with Gasteiger partial charge in [0.2, 0.25) is 10.0 Å². The number of rotatable bonds is 6. The quantitative estimate of drug-likeness (QED) is 0.845. The van der Waals surface area contributed by atoms with Crippen LogP contribution in [0.5, 0.6) is 0 Å². The van der Waals surface area contributed by atoms with Crippen LogP contribution in [0.25, 0.3) is 0 Å². The number of nitrogens with one attached hydrogen (secondary N) is 1. The summed E-state index contributed by atoms with van der Waals surface area (Å²) in [6.07, 6.45) is -6.10. The van der Waals surface area contributed by atoms with Crippen molar-refractivity contribution in [3.8, 4) is 0 Å². The van der Waals surface area contributed by atoms with Gasteiger partial charge in [0.05, 0.1) is 11.3 Å². The van der Waals surface area contributed by atoms with Gasteiger partial charge in [-0.3, -0.25) is 4.72 Å². The highest BCUT2D eigenvalue weighted by atomic mass is 32.2. The Kier molecular flexibility index (Phi) is 4.98. The maximum atomic E-state index is 11.9. The molecule has 0 atom stereocenters. The van der Waals surface area contributed by atoms with Crippen molar-refractivity contribution in [3.05, 3.63) is 29.8 Å². The van der Waals surface area contributed by atoms with E-state index in [9.17, 15) is 26.4 Å². The lowest BCUT2D eigenvalue weighted by Crippen LogP contribution is -2.18. The van der Waals surface area contributed by atoms with Crippen LogP contribution in [0.4, 0.5) is 18.9 Å². The molecule has 5 nitrogen and oxygen atoms in total. The fourth-order valence-corrected chi connectivity index (χ4v) is 2.50. The third kappa shape index (κ3) is 5.91. The van der Waals surface area contributed by atoms with E-state index in [4.69, 9.17) is 5.11 Å². The topological polar surface area (TPSA) is 83.5 Å². The van der Waals surface area contributed by atoms with Gasteiger partial charge in [0.25, 0.3) is 0 Å². The number of halogens is 3. The van der Waals surface area contributed by atoms with E-state index in [1.807, 2.05) is 0 Å². The Morgan fingerprint density at radius 1 is 1.20 bits per heavy atom. The van der Waals surface area contributed by atoms with Crippen molar-refractivity contribution in [1.82, 2.24) is 0 Å². The number of alkyl halides is 3. The van der Waals surface area contributed by atoms with Gasteiger partial charge in [-0.15, -0.1) is 0 Å². The van der Waals surface area contributed by atoms with Crippen LogP contribution in [0.3, 0.4) is 0 Å². The average Bonchev–Trinajstić information content (AvgIpc) is 2.26. The van der Waals surface area contributed by atoms with Gasteiger partial charge in [0.15, 0.2) is 0 Å². The molecule has 0 heterocycles. The predicted molar refractivity (Wildman–Crippen MR) is 66.1 cm³/mol. The van der Waals surface area contributed by atoms with Crippen LogP contribution < -0.4 is 4.72 Å². The molecule has 1 aromatic rings. The van der Waals surface area contributed by atoms with E-state index in [2.05, 4.69) is 4.72 Å². The third-order valence-electron chi connectivity index (χ3n) is 2.28. The summed E-state index contributed by atoms with van der Waals surface area (Å²) in [5.74, 6) is -1.82. The summed E-state index contributed by atoms with van der Waals surface area (Å²) in [4.78, 5) is 10.6. The maximum Gasteiger partial charge on any atom is 0.389 e. The highest BCUT2D eigenvalue weighted by Gasteiger charge is 2.27. The summed E-state index contributed by atoms with van der Waals surface area (Å²) in [6, 6.07) is 4.83. The third-order valence-corrected chi connectivity index (χ3v) is 3.65. The molecule has 0 spiro atoms. The molecule has 0 aromatic heterocycles. The molecule has 0 fully saturated rings. The second kappa shape index (κ2) is 6.12. The smallest absolute Gasteiger partial charge is 0.389 e. The minimum absolute atomic E-state index is 0.0231. The molecule has 0 radical (unpaired) electrons. The van der Waals surface area contributed by atoms with Crippen LogP contribution in [-0.4, -0.2) is 31.4 Å². The van der Waals surface area contributed by atoms with Gasteiger partial charge in [-0.2, -0.15) is 13.2 Å². The minimum Gasteiger partial charge on any atom is -0.478 e. The molecule has 0 aliphatic heterocycles. The first-order valence-electron chi connectivity index (χ1n) is 5.50. The van der Waals surface area contributed by atoms with Crippen LogP contribution in [0.2, 0.25) is 0 Å². The van der Waals surface area contributed by atoms with E-state index in [0.717, 1.165) is 0 Å². The summed E-state index contributed by atoms with van der Waals surface area (Å²) in [5, 5.41) is 8.66. The molecule has 0 saturated heterocycles. The molecule has 0 unspecified atom stereocenters. The molecule has 0 saturated carbocycles. The Hall–Kier alpha value is -1.77. The number of anilines is 1. The van der Waals surface area contributed by atoms with E-state index in [0.29, 0.717) is 0 Å².